The van der Waals surface area contributed by atoms with E-state index >= 15 is 0 Å². The molecule has 0 atom stereocenters. The fraction of sp³-hybridized carbons (Fsp3) is 0.190. The van der Waals surface area contributed by atoms with E-state index < -0.39 is 5.97 Å². The summed E-state index contributed by atoms with van der Waals surface area (Å²) in [5.41, 5.74) is 8.62. The molecule has 8 nitrogen and oxygen atoms in total. The van der Waals surface area contributed by atoms with Crippen LogP contribution in [0.15, 0.2) is 54.9 Å². The first kappa shape index (κ1) is 19.4. The molecule has 1 aromatic heterocycles. The molecule has 154 valence electrons. The summed E-state index contributed by atoms with van der Waals surface area (Å²) in [6.45, 7) is 2.94. The number of nitrogens with zero attached hydrogens (tertiary/aromatic N) is 4. The highest BCUT2D eigenvalue weighted by molar-refractivity contribution is 5.88. The average molecular weight is 408 g/mol. The van der Waals surface area contributed by atoms with Crippen LogP contribution >= 0.6 is 0 Å². The van der Waals surface area contributed by atoms with Crippen molar-refractivity contribution in [1.29, 1.82) is 0 Å². The molecule has 0 aliphatic carbocycles. The van der Waals surface area contributed by atoms with Gasteiger partial charge in [0.05, 0.1) is 5.56 Å². The molecule has 0 unspecified atom stereocenters. The Bertz CT molecular complexity index is 1030. The van der Waals surface area contributed by atoms with Crippen molar-refractivity contribution in [2.75, 3.05) is 47.0 Å². The second kappa shape index (κ2) is 8.24. The van der Waals surface area contributed by atoms with Gasteiger partial charge >= 0.3 is 5.97 Å². The van der Waals surface area contributed by atoms with E-state index in [1.165, 1.54) is 30.6 Å². The number of carbonyl (C=O) groups is 1. The van der Waals surface area contributed by atoms with E-state index in [4.69, 9.17) is 10.8 Å². The predicted molar refractivity (Wildman–Crippen MR) is 114 cm³/mol. The molecule has 4 rings (SSSR count). The van der Waals surface area contributed by atoms with Crippen molar-refractivity contribution >= 4 is 34.7 Å². The number of aromatic nitrogens is 2. The first-order valence-corrected chi connectivity index (χ1v) is 9.47. The topological polar surface area (TPSA) is 108 Å². The van der Waals surface area contributed by atoms with Crippen LogP contribution in [0, 0.1) is 5.82 Å². The van der Waals surface area contributed by atoms with Gasteiger partial charge in [0.1, 0.15) is 17.8 Å². The minimum atomic E-state index is -0.981. The van der Waals surface area contributed by atoms with Gasteiger partial charge < -0.3 is 26.0 Å². The zero-order chi connectivity index (χ0) is 21.1. The predicted octanol–water partition coefficient (Wildman–Crippen LogP) is 2.97. The number of hydrogen-bond donors (Lipinski definition) is 3. The lowest BCUT2D eigenvalue weighted by Gasteiger charge is -2.37. The summed E-state index contributed by atoms with van der Waals surface area (Å²) in [4.78, 5) is 23.8. The van der Waals surface area contributed by atoms with Crippen molar-refractivity contribution < 1.29 is 14.3 Å². The van der Waals surface area contributed by atoms with Crippen LogP contribution in [0.25, 0.3) is 0 Å². The van der Waals surface area contributed by atoms with E-state index in [9.17, 15) is 9.18 Å². The maximum absolute atomic E-state index is 13.1. The van der Waals surface area contributed by atoms with Crippen LogP contribution in [0.2, 0.25) is 0 Å². The lowest BCUT2D eigenvalue weighted by molar-refractivity contribution is 0.0697. The van der Waals surface area contributed by atoms with Gasteiger partial charge in [-0.05, 0) is 48.5 Å². The summed E-state index contributed by atoms with van der Waals surface area (Å²) in [5.74, 6) is -0.119. The summed E-state index contributed by atoms with van der Waals surface area (Å²) in [5, 5.41) is 12.1. The summed E-state index contributed by atoms with van der Waals surface area (Å²) < 4.78 is 13.1. The van der Waals surface area contributed by atoms with E-state index in [0.717, 1.165) is 18.8 Å². The third kappa shape index (κ3) is 4.09. The zero-order valence-electron chi connectivity index (χ0n) is 16.1. The SMILES string of the molecule is Nc1c(Nc2ccc(C(=O)O)cc2)ncnc1N1CCN(c2ccc(F)cc2)CC1. The van der Waals surface area contributed by atoms with Crippen molar-refractivity contribution in [3.63, 3.8) is 0 Å². The highest BCUT2D eigenvalue weighted by Crippen LogP contribution is 2.30. The number of nitrogen functional groups attached to an aromatic ring is 1. The van der Waals surface area contributed by atoms with E-state index in [1.807, 2.05) is 0 Å². The number of aromatic carboxylic acids is 1. The van der Waals surface area contributed by atoms with Gasteiger partial charge in [-0.15, -0.1) is 0 Å². The molecule has 1 aliphatic heterocycles. The number of carboxylic acids is 1. The van der Waals surface area contributed by atoms with Gasteiger partial charge in [0.2, 0.25) is 0 Å². The van der Waals surface area contributed by atoms with Crippen LogP contribution in [-0.4, -0.2) is 47.2 Å². The van der Waals surface area contributed by atoms with Crippen molar-refractivity contribution in [2.24, 2.45) is 0 Å². The molecule has 0 spiro atoms. The van der Waals surface area contributed by atoms with Gasteiger partial charge in [-0.3, -0.25) is 0 Å². The molecule has 1 fully saturated rings. The van der Waals surface area contributed by atoms with Crippen molar-refractivity contribution in [3.05, 3.63) is 66.2 Å². The molecule has 4 N–H and O–H groups in total. The number of nitrogens with one attached hydrogen (secondary N) is 1. The summed E-state index contributed by atoms with van der Waals surface area (Å²) in [6.07, 6.45) is 1.45. The lowest BCUT2D eigenvalue weighted by atomic mass is 10.2. The van der Waals surface area contributed by atoms with E-state index in [2.05, 4.69) is 25.1 Å². The Labute approximate surface area is 172 Å². The Hall–Kier alpha value is -3.88. The maximum Gasteiger partial charge on any atom is 0.335 e. The van der Waals surface area contributed by atoms with Crippen molar-refractivity contribution in [2.45, 2.75) is 0 Å². The number of halogens is 1. The van der Waals surface area contributed by atoms with Gasteiger partial charge in [-0.25, -0.2) is 19.2 Å². The molecule has 1 saturated heterocycles. The molecule has 30 heavy (non-hydrogen) atoms. The smallest absolute Gasteiger partial charge is 0.335 e. The summed E-state index contributed by atoms with van der Waals surface area (Å²) >= 11 is 0. The Balaban J connectivity index is 1.45. The highest BCUT2D eigenvalue weighted by Gasteiger charge is 2.21. The number of carboxylic acid groups (broad SMARTS) is 1. The molecular formula is C21H21FN6O2. The standard InChI is InChI=1S/C21H21FN6O2/c22-15-3-7-17(8-4-15)27-9-11-28(12-10-27)20-18(23)19(24-13-25-20)26-16-5-1-14(2-6-16)21(29)30/h1-8,13H,9-12,23H2,(H,29,30)(H,24,25,26). The quantitative estimate of drug-likeness (QED) is 0.591. The molecular weight excluding hydrogens is 387 g/mol. The Morgan fingerprint density at radius 1 is 0.967 bits per heavy atom. The molecule has 2 heterocycles. The Morgan fingerprint density at radius 2 is 1.60 bits per heavy atom. The Kier molecular flexibility index (Phi) is 5.34. The van der Waals surface area contributed by atoms with Gasteiger partial charge in [-0.2, -0.15) is 0 Å². The molecule has 1 aliphatic rings. The second-order valence-corrected chi connectivity index (χ2v) is 6.92. The lowest BCUT2D eigenvalue weighted by Crippen LogP contribution is -2.47. The van der Waals surface area contributed by atoms with E-state index in [-0.39, 0.29) is 11.4 Å². The molecule has 3 aromatic rings. The highest BCUT2D eigenvalue weighted by atomic mass is 19.1. The van der Waals surface area contributed by atoms with Gasteiger partial charge in [-0.1, -0.05) is 0 Å². The number of hydrogen-bond acceptors (Lipinski definition) is 7. The van der Waals surface area contributed by atoms with Crippen molar-refractivity contribution in [1.82, 2.24) is 9.97 Å². The minimum Gasteiger partial charge on any atom is -0.478 e. The third-order valence-corrected chi connectivity index (χ3v) is 5.03. The first-order chi connectivity index (χ1) is 14.5. The zero-order valence-corrected chi connectivity index (χ0v) is 16.1. The molecule has 0 amide bonds. The van der Waals surface area contributed by atoms with Crippen molar-refractivity contribution in [3.8, 4) is 0 Å². The largest absolute Gasteiger partial charge is 0.478 e. The summed E-state index contributed by atoms with van der Waals surface area (Å²) in [7, 11) is 0. The first-order valence-electron chi connectivity index (χ1n) is 9.47. The monoisotopic (exact) mass is 408 g/mol. The van der Waals surface area contributed by atoms with Gasteiger partial charge in [0.15, 0.2) is 11.6 Å². The van der Waals surface area contributed by atoms with Gasteiger partial charge in [0, 0.05) is 37.6 Å². The van der Waals surface area contributed by atoms with Crippen LogP contribution in [-0.2, 0) is 0 Å². The molecule has 0 bridgehead atoms. The minimum absolute atomic E-state index is 0.205. The Morgan fingerprint density at radius 3 is 2.23 bits per heavy atom. The van der Waals surface area contributed by atoms with E-state index in [0.29, 0.717) is 36.1 Å². The number of benzene rings is 2. The fourth-order valence-electron chi connectivity index (χ4n) is 3.40. The van der Waals surface area contributed by atoms with E-state index in [1.54, 1.807) is 24.3 Å². The van der Waals surface area contributed by atoms with Crippen LogP contribution in [0.1, 0.15) is 10.4 Å². The fourth-order valence-corrected chi connectivity index (χ4v) is 3.40. The molecule has 9 heteroatoms. The molecule has 0 saturated carbocycles. The normalized spacial score (nSPS) is 13.9. The van der Waals surface area contributed by atoms with Crippen LogP contribution < -0.4 is 20.9 Å². The number of nitrogens with two attached hydrogens (primary N) is 1. The second-order valence-electron chi connectivity index (χ2n) is 6.92. The van der Waals surface area contributed by atoms with Crippen LogP contribution in [0.3, 0.4) is 0 Å². The maximum atomic E-state index is 13.1. The average Bonchev–Trinajstić information content (AvgIpc) is 2.76. The number of anilines is 5. The van der Waals surface area contributed by atoms with Gasteiger partial charge in [0.25, 0.3) is 0 Å². The third-order valence-electron chi connectivity index (χ3n) is 5.03. The molecule has 2 aromatic carbocycles. The number of rotatable bonds is 5. The molecule has 0 radical (unpaired) electrons. The van der Waals surface area contributed by atoms with Crippen LogP contribution in [0.5, 0.6) is 0 Å². The number of piperazine rings is 1. The summed E-state index contributed by atoms with van der Waals surface area (Å²) in [6, 6.07) is 12.8. The van der Waals surface area contributed by atoms with Crippen LogP contribution in [0.4, 0.5) is 33.1 Å².